The Balaban J connectivity index is 2.35. The second-order valence-electron chi connectivity index (χ2n) is 4.86. The third-order valence-electron chi connectivity index (χ3n) is 3.31. The van der Waals surface area contributed by atoms with E-state index in [2.05, 4.69) is 40.0 Å². The predicted octanol–water partition coefficient (Wildman–Crippen LogP) is 3.08. The van der Waals surface area contributed by atoms with Crippen LogP contribution in [0.1, 0.15) is 19.4 Å². The fourth-order valence-corrected chi connectivity index (χ4v) is 2.76. The van der Waals surface area contributed by atoms with Gasteiger partial charge in [-0.1, -0.05) is 0 Å². The van der Waals surface area contributed by atoms with Crippen molar-refractivity contribution in [1.29, 1.82) is 0 Å². The molecule has 94 valence electrons. The number of rotatable bonds is 1. The maximum Gasteiger partial charge on any atom is 0.139 e. The van der Waals surface area contributed by atoms with E-state index in [0.717, 1.165) is 24.3 Å². The molecule has 1 N–H and O–H groups in total. The van der Waals surface area contributed by atoms with Crippen molar-refractivity contribution in [3.8, 4) is 0 Å². The molecule has 2 rings (SSSR count). The van der Waals surface area contributed by atoms with Crippen LogP contribution in [0.5, 0.6) is 0 Å². The van der Waals surface area contributed by atoms with Crippen LogP contribution in [0.25, 0.3) is 0 Å². The van der Waals surface area contributed by atoms with Crippen LogP contribution in [-0.4, -0.2) is 25.2 Å². The minimum atomic E-state index is -0.191. The SMILES string of the molecule is Cc1cc(Br)c(F)cc1N1CC(C)NCC1C. The number of nitrogens with one attached hydrogen (secondary N) is 1. The smallest absolute Gasteiger partial charge is 0.139 e. The quantitative estimate of drug-likeness (QED) is 0.857. The van der Waals surface area contributed by atoms with E-state index in [1.165, 1.54) is 0 Å². The zero-order valence-electron chi connectivity index (χ0n) is 10.4. The molecule has 1 aliphatic rings. The van der Waals surface area contributed by atoms with Gasteiger partial charge in [-0.15, -0.1) is 0 Å². The van der Waals surface area contributed by atoms with Crippen molar-refractivity contribution in [2.45, 2.75) is 32.9 Å². The van der Waals surface area contributed by atoms with Crippen LogP contribution in [0.4, 0.5) is 10.1 Å². The van der Waals surface area contributed by atoms with Crippen LogP contribution in [-0.2, 0) is 0 Å². The summed E-state index contributed by atoms with van der Waals surface area (Å²) in [6, 6.07) is 4.32. The van der Waals surface area contributed by atoms with Gasteiger partial charge in [0.1, 0.15) is 5.82 Å². The Hall–Kier alpha value is -0.610. The van der Waals surface area contributed by atoms with E-state index in [9.17, 15) is 4.39 Å². The summed E-state index contributed by atoms with van der Waals surface area (Å²) < 4.78 is 14.2. The van der Waals surface area contributed by atoms with E-state index in [1.807, 2.05) is 13.0 Å². The zero-order valence-corrected chi connectivity index (χ0v) is 12.0. The minimum Gasteiger partial charge on any atom is -0.366 e. The molecule has 0 aliphatic carbocycles. The number of hydrogen-bond acceptors (Lipinski definition) is 2. The molecule has 1 aromatic rings. The molecule has 1 saturated heterocycles. The Bertz CT molecular complexity index is 422. The van der Waals surface area contributed by atoms with Gasteiger partial charge in [-0.2, -0.15) is 0 Å². The van der Waals surface area contributed by atoms with Crippen molar-refractivity contribution in [2.75, 3.05) is 18.0 Å². The largest absolute Gasteiger partial charge is 0.366 e. The van der Waals surface area contributed by atoms with Crippen molar-refractivity contribution in [1.82, 2.24) is 5.32 Å². The Labute approximate surface area is 110 Å². The van der Waals surface area contributed by atoms with Crippen LogP contribution in [0.3, 0.4) is 0 Å². The lowest BCUT2D eigenvalue weighted by Crippen LogP contribution is -2.54. The molecular weight excluding hydrogens is 283 g/mol. The monoisotopic (exact) mass is 300 g/mol. The van der Waals surface area contributed by atoms with Crippen LogP contribution in [0.2, 0.25) is 0 Å². The van der Waals surface area contributed by atoms with Gasteiger partial charge in [-0.05, 0) is 54.4 Å². The molecule has 0 amide bonds. The number of hydrogen-bond donors (Lipinski definition) is 1. The van der Waals surface area contributed by atoms with Crippen molar-refractivity contribution in [3.05, 3.63) is 28.0 Å². The van der Waals surface area contributed by atoms with E-state index >= 15 is 0 Å². The second-order valence-corrected chi connectivity index (χ2v) is 5.72. The average molecular weight is 301 g/mol. The van der Waals surface area contributed by atoms with Crippen molar-refractivity contribution in [2.24, 2.45) is 0 Å². The summed E-state index contributed by atoms with van der Waals surface area (Å²) in [5.41, 5.74) is 2.12. The van der Waals surface area contributed by atoms with Crippen LogP contribution < -0.4 is 10.2 Å². The summed E-state index contributed by atoms with van der Waals surface area (Å²) in [6.45, 7) is 8.21. The average Bonchev–Trinajstić information content (AvgIpc) is 2.27. The fraction of sp³-hybridized carbons (Fsp3) is 0.538. The molecule has 0 bridgehead atoms. The topological polar surface area (TPSA) is 15.3 Å². The highest BCUT2D eigenvalue weighted by Crippen LogP contribution is 2.29. The van der Waals surface area contributed by atoms with Crippen LogP contribution in [0.15, 0.2) is 16.6 Å². The molecule has 2 unspecified atom stereocenters. The van der Waals surface area contributed by atoms with Gasteiger partial charge in [0.15, 0.2) is 0 Å². The van der Waals surface area contributed by atoms with E-state index in [0.29, 0.717) is 16.6 Å². The third-order valence-corrected chi connectivity index (χ3v) is 3.92. The molecule has 0 saturated carbocycles. The first-order chi connectivity index (χ1) is 7.99. The molecule has 1 fully saturated rings. The Kier molecular flexibility index (Phi) is 3.73. The zero-order chi connectivity index (χ0) is 12.6. The molecule has 17 heavy (non-hydrogen) atoms. The summed E-state index contributed by atoms with van der Waals surface area (Å²) in [6.07, 6.45) is 0. The molecule has 1 heterocycles. The highest BCUT2D eigenvalue weighted by Gasteiger charge is 2.24. The molecule has 1 aromatic carbocycles. The van der Waals surface area contributed by atoms with Gasteiger partial charge in [0.05, 0.1) is 4.47 Å². The van der Waals surface area contributed by atoms with Gasteiger partial charge in [-0.3, -0.25) is 0 Å². The Morgan fingerprint density at radius 3 is 2.82 bits per heavy atom. The van der Waals surface area contributed by atoms with Crippen molar-refractivity contribution < 1.29 is 4.39 Å². The second kappa shape index (κ2) is 4.94. The molecule has 4 heteroatoms. The maximum atomic E-state index is 13.6. The standard InChI is InChI=1S/C13H18BrFN2/c1-8-4-11(14)12(15)5-13(8)17-7-9(2)16-6-10(17)3/h4-5,9-10,16H,6-7H2,1-3H3. The predicted molar refractivity (Wildman–Crippen MR) is 73.1 cm³/mol. The van der Waals surface area contributed by atoms with E-state index < -0.39 is 0 Å². The van der Waals surface area contributed by atoms with Gasteiger partial charge in [0.25, 0.3) is 0 Å². The number of nitrogens with zero attached hydrogens (tertiary/aromatic N) is 1. The molecule has 0 aromatic heterocycles. The summed E-state index contributed by atoms with van der Waals surface area (Å²) in [5, 5.41) is 3.43. The first-order valence-corrected chi connectivity index (χ1v) is 6.74. The summed E-state index contributed by atoms with van der Waals surface area (Å²) in [7, 11) is 0. The van der Waals surface area contributed by atoms with Crippen molar-refractivity contribution in [3.63, 3.8) is 0 Å². The van der Waals surface area contributed by atoms with Crippen molar-refractivity contribution >= 4 is 21.6 Å². The summed E-state index contributed by atoms with van der Waals surface area (Å²) >= 11 is 3.23. The normalized spacial score (nSPS) is 25.1. The van der Waals surface area contributed by atoms with Crippen LogP contribution in [0, 0.1) is 12.7 Å². The number of anilines is 1. The Morgan fingerprint density at radius 1 is 1.41 bits per heavy atom. The van der Waals surface area contributed by atoms with Gasteiger partial charge in [0, 0.05) is 30.9 Å². The van der Waals surface area contributed by atoms with E-state index in [4.69, 9.17) is 0 Å². The summed E-state index contributed by atoms with van der Waals surface area (Å²) in [5.74, 6) is -0.191. The minimum absolute atomic E-state index is 0.191. The number of benzene rings is 1. The van der Waals surface area contributed by atoms with E-state index in [1.54, 1.807) is 6.07 Å². The van der Waals surface area contributed by atoms with E-state index in [-0.39, 0.29) is 5.82 Å². The maximum absolute atomic E-state index is 13.6. The van der Waals surface area contributed by atoms with Gasteiger partial charge in [0.2, 0.25) is 0 Å². The third kappa shape index (κ3) is 2.63. The highest BCUT2D eigenvalue weighted by atomic mass is 79.9. The lowest BCUT2D eigenvalue weighted by atomic mass is 10.1. The molecule has 2 nitrogen and oxygen atoms in total. The number of piperazine rings is 1. The first kappa shape index (κ1) is 12.8. The lowest BCUT2D eigenvalue weighted by molar-refractivity contribution is 0.424. The highest BCUT2D eigenvalue weighted by molar-refractivity contribution is 9.10. The lowest BCUT2D eigenvalue weighted by Gasteiger charge is -2.40. The summed E-state index contributed by atoms with van der Waals surface area (Å²) in [4.78, 5) is 2.28. The molecular formula is C13H18BrFN2. The fourth-order valence-electron chi connectivity index (χ4n) is 2.30. The van der Waals surface area contributed by atoms with Gasteiger partial charge >= 0.3 is 0 Å². The van der Waals surface area contributed by atoms with Gasteiger partial charge < -0.3 is 10.2 Å². The van der Waals surface area contributed by atoms with Crippen LogP contribution >= 0.6 is 15.9 Å². The molecule has 1 aliphatic heterocycles. The number of halogens is 2. The first-order valence-electron chi connectivity index (χ1n) is 5.94. The molecule has 0 spiro atoms. The molecule has 0 radical (unpaired) electrons. The Morgan fingerprint density at radius 2 is 2.12 bits per heavy atom. The van der Waals surface area contributed by atoms with Gasteiger partial charge in [-0.25, -0.2) is 4.39 Å². The number of aryl methyl sites for hydroxylation is 1. The molecule has 2 atom stereocenters.